The van der Waals surface area contributed by atoms with Crippen LogP contribution >= 0.6 is 0 Å². The molecule has 1 rings (SSSR count). The maximum absolute atomic E-state index is 11.7. The van der Waals surface area contributed by atoms with Gasteiger partial charge in [-0.25, -0.2) is 0 Å². The zero-order chi connectivity index (χ0) is 15.3. The van der Waals surface area contributed by atoms with Gasteiger partial charge in [0.2, 0.25) is 17.8 Å². The Labute approximate surface area is 118 Å². The highest BCUT2D eigenvalue weighted by molar-refractivity contribution is 5.80. The fourth-order valence-electron chi connectivity index (χ4n) is 1.34. The highest BCUT2D eigenvalue weighted by Gasteiger charge is 2.14. The number of aromatic nitrogens is 3. The molecule has 1 aromatic rings. The Balaban J connectivity index is 2.64. The number of nitrogens with zero attached hydrogens (tertiary/aromatic N) is 3. The van der Waals surface area contributed by atoms with Crippen LogP contribution < -0.4 is 21.1 Å². The molecule has 0 radical (unpaired) electrons. The molecule has 0 unspecified atom stereocenters. The van der Waals surface area contributed by atoms with E-state index in [0.717, 1.165) is 0 Å². The molecule has 8 heteroatoms. The van der Waals surface area contributed by atoms with Crippen molar-refractivity contribution in [2.24, 2.45) is 0 Å². The molecule has 1 amide bonds. The van der Waals surface area contributed by atoms with Crippen molar-refractivity contribution in [3.8, 4) is 6.01 Å². The topological polar surface area (TPSA) is 115 Å². The van der Waals surface area contributed by atoms with Crippen molar-refractivity contribution in [2.45, 2.75) is 46.3 Å². The summed E-state index contributed by atoms with van der Waals surface area (Å²) in [5.41, 5.74) is 5.27. The second-order valence-electron chi connectivity index (χ2n) is 5.62. The Bertz CT molecular complexity index is 470. The van der Waals surface area contributed by atoms with Gasteiger partial charge in [-0.2, -0.15) is 15.0 Å². The molecule has 0 saturated carbocycles. The van der Waals surface area contributed by atoms with Gasteiger partial charge in [-0.1, -0.05) is 0 Å². The molecule has 0 aliphatic heterocycles. The molecule has 0 spiro atoms. The molecule has 8 nitrogen and oxygen atoms in total. The van der Waals surface area contributed by atoms with Crippen molar-refractivity contribution in [2.75, 3.05) is 17.6 Å². The predicted molar refractivity (Wildman–Crippen MR) is 76.4 cm³/mol. The van der Waals surface area contributed by atoms with Crippen molar-refractivity contribution >= 4 is 17.8 Å². The van der Waals surface area contributed by atoms with Gasteiger partial charge < -0.3 is 21.1 Å². The van der Waals surface area contributed by atoms with Crippen LogP contribution in [0, 0.1) is 0 Å². The minimum Gasteiger partial charge on any atom is -0.461 e. The number of amides is 1. The van der Waals surface area contributed by atoms with Crippen LogP contribution in [0.2, 0.25) is 0 Å². The molecule has 4 N–H and O–H groups in total. The molecule has 0 aliphatic carbocycles. The standard InChI is InChI=1S/C12H22N6O2/c1-7(2)20-11-16-9(13)15-10(17-11)14-6-8(19)18-12(3,4)5/h7H,6H2,1-5H3,(H,18,19)(H3,13,14,15,16,17). The molecule has 0 aromatic carbocycles. The number of nitrogen functional groups attached to an aromatic ring is 1. The minimum atomic E-state index is -0.289. The van der Waals surface area contributed by atoms with E-state index in [1.165, 1.54) is 0 Å². The summed E-state index contributed by atoms with van der Waals surface area (Å²) in [6, 6.07) is 0.131. The van der Waals surface area contributed by atoms with E-state index in [4.69, 9.17) is 10.5 Å². The summed E-state index contributed by atoms with van der Waals surface area (Å²) in [5.74, 6) is 0.0781. The molecular weight excluding hydrogens is 260 g/mol. The average molecular weight is 282 g/mol. The third-order valence-corrected chi connectivity index (χ3v) is 1.89. The zero-order valence-corrected chi connectivity index (χ0v) is 12.5. The Hall–Kier alpha value is -2.12. The van der Waals surface area contributed by atoms with Crippen LogP contribution in [0.4, 0.5) is 11.9 Å². The van der Waals surface area contributed by atoms with Gasteiger partial charge in [0.1, 0.15) is 0 Å². The first-order chi connectivity index (χ1) is 9.15. The Morgan fingerprint density at radius 1 is 1.30 bits per heavy atom. The summed E-state index contributed by atoms with van der Waals surface area (Å²) in [7, 11) is 0. The number of nitrogens with one attached hydrogen (secondary N) is 2. The highest BCUT2D eigenvalue weighted by Crippen LogP contribution is 2.10. The first-order valence-electron chi connectivity index (χ1n) is 6.39. The van der Waals surface area contributed by atoms with Gasteiger partial charge in [-0.15, -0.1) is 0 Å². The second kappa shape index (κ2) is 6.36. The maximum Gasteiger partial charge on any atom is 0.323 e. The van der Waals surface area contributed by atoms with E-state index >= 15 is 0 Å². The monoisotopic (exact) mass is 282 g/mol. The van der Waals surface area contributed by atoms with Crippen molar-refractivity contribution < 1.29 is 9.53 Å². The second-order valence-corrected chi connectivity index (χ2v) is 5.62. The average Bonchev–Trinajstić information content (AvgIpc) is 2.22. The lowest BCUT2D eigenvalue weighted by Crippen LogP contribution is -2.43. The molecular formula is C12H22N6O2. The van der Waals surface area contributed by atoms with Crippen LogP contribution in [-0.4, -0.2) is 39.0 Å². The van der Waals surface area contributed by atoms with Gasteiger partial charge >= 0.3 is 6.01 Å². The van der Waals surface area contributed by atoms with Gasteiger partial charge in [0, 0.05) is 5.54 Å². The number of rotatable bonds is 5. The van der Waals surface area contributed by atoms with Crippen LogP contribution in [0.15, 0.2) is 0 Å². The zero-order valence-electron chi connectivity index (χ0n) is 12.5. The lowest BCUT2D eigenvalue weighted by atomic mass is 10.1. The van der Waals surface area contributed by atoms with Crippen LogP contribution in [0.25, 0.3) is 0 Å². The Kier molecular flexibility index (Phi) is 5.06. The number of carbonyl (C=O) groups is 1. The fraction of sp³-hybridized carbons (Fsp3) is 0.667. The van der Waals surface area contributed by atoms with Crippen molar-refractivity contribution in [1.29, 1.82) is 0 Å². The molecule has 0 fully saturated rings. The summed E-state index contributed by atoms with van der Waals surface area (Å²) < 4.78 is 5.34. The summed E-state index contributed by atoms with van der Waals surface area (Å²) in [4.78, 5) is 23.4. The minimum absolute atomic E-state index is 0.0365. The highest BCUT2D eigenvalue weighted by atomic mass is 16.5. The number of ether oxygens (including phenoxy) is 1. The number of hydrogen-bond acceptors (Lipinski definition) is 7. The molecule has 0 atom stereocenters. The van der Waals surface area contributed by atoms with Crippen molar-refractivity contribution in [3.63, 3.8) is 0 Å². The van der Waals surface area contributed by atoms with E-state index in [0.29, 0.717) is 0 Å². The smallest absolute Gasteiger partial charge is 0.323 e. The van der Waals surface area contributed by atoms with Gasteiger partial charge in [-0.05, 0) is 34.6 Å². The van der Waals surface area contributed by atoms with Gasteiger partial charge in [0.15, 0.2) is 0 Å². The van der Waals surface area contributed by atoms with Crippen molar-refractivity contribution in [3.05, 3.63) is 0 Å². The molecule has 1 aromatic heterocycles. The summed E-state index contributed by atoms with van der Waals surface area (Å²) >= 11 is 0. The Morgan fingerprint density at radius 2 is 1.95 bits per heavy atom. The first kappa shape index (κ1) is 15.9. The SMILES string of the molecule is CC(C)Oc1nc(N)nc(NCC(=O)NC(C)(C)C)n1. The molecule has 0 aliphatic rings. The van der Waals surface area contributed by atoms with E-state index in [2.05, 4.69) is 25.6 Å². The lowest BCUT2D eigenvalue weighted by Gasteiger charge is -2.20. The number of carbonyl (C=O) groups excluding carboxylic acids is 1. The summed E-state index contributed by atoms with van der Waals surface area (Å²) in [5, 5.41) is 5.60. The molecule has 20 heavy (non-hydrogen) atoms. The van der Waals surface area contributed by atoms with E-state index in [1.54, 1.807) is 0 Å². The Morgan fingerprint density at radius 3 is 2.50 bits per heavy atom. The molecule has 0 bridgehead atoms. The summed E-state index contributed by atoms with van der Waals surface area (Å²) in [6.07, 6.45) is -0.0751. The number of nitrogens with two attached hydrogens (primary N) is 1. The van der Waals surface area contributed by atoms with Crippen molar-refractivity contribution in [1.82, 2.24) is 20.3 Å². The van der Waals surface area contributed by atoms with Crippen LogP contribution in [-0.2, 0) is 4.79 Å². The molecule has 0 saturated heterocycles. The predicted octanol–water partition coefficient (Wildman–Crippen LogP) is 0.568. The molecule has 112 valence electrons. The van der Waals surface area contributed by atoms with Crippen LogP contribution in [0.3, 0.4) is 0 Å². The summed E-state index contributed by atoms with van der Waals surface area (Å²) in [6.45, 7) is 9.46. The molecule has 1 heterocycles. The third-order valence-electron chi connectivity index (χ3n) is 1.89. The largest absolute Gasteiger partial charge is 0.461 e. The van der Waals surface area contributed by atoms with E-state index in [1.807, 2.05) is 34.6 Å². The number of anilines is 2. The van der Waals surface area contributed by atoms with E-state index in [-0.39, 0.29) is 42.0 Å². The first-order valence-corrected chi connectivity index (χ1v) is 6.39. The van der Waals surface area contributed by atoms with E-state index < -0.39 is 0 Å². The van der Waals surface area contributed by atoms with Gasteiger partial charge in [0.25, 0.3) is 0 Å². The maximum atomic E-state index is 11.7. The normalized spacial score (nSPS) is 11.3. The quantitative estimate of drug-likeness (QED) is 0.723. The van der Waals surface area contributed by atoms with E-state index in [9.17, 15) is 4.79 Å². The lowest BCUT2D eigenvalue weighted by molar-refractivity contribution is -0.120. The van der Waals surface area contributed by atoms with Crippen LogP contribution in [0.1, 0.15) is 34.6 Å². The van der Waals surface area contributed by atoms with Gasteiger partial charge in [0.05, 0.1) is 12.6 Å². The third kappa shape index (κ3) is 6.17. The number of hydrogen-bond donors (Lipinski definition) is 3. The van der Waals surface area contributed by atoms with Gasteiger partial charge in [-0.3, -0.25) is 4.79 Å². The fourth-order valence-corrected chi connectivity index (χ4v) is 1.34. The van der Waals surface area contributed by atoms with Crippen LogP contribution in [0.5, 0.6) is 6.01 Å².